The minimum Gasteiger partial charge on any atom is -0.466 e. The molecule has 5 nitrogen and oxygen atoms in total. The number of hydrogen-bond acceptors (Lipinski definition) is 6. The maximum absolute atomic E-state index is 11.8. The maximum atomic E-state index is 11.8. The molecule has 0 radical (unpaired) electrons. The number of rotatable bonds is 6. The number of esters is 1. The fourth-order valence-electron chi connectivity index (χ4n) is 3.03. The van der Waals surface area contributed by atoms with Crippen LogP contribution in [0.2, 0.25) is 0 Å². The largest absolute Gasteiger partial charge is 0.466 e. The number of nitrogens with two attached hydrogens (primary N) is 1. The Morgan fingerprint density at radius 2 is 2.14 bits per heavy atom. The van der Waals surface area contributed by atoms with Crippen molar-refractivity contribution in [3.8, 4) is 0 Å². The summed E-state index contributed by atoms with van der Waals surface area (Å²) >= 11 is 1.56. The summed E-state index contributed by atoms with van der Waals surface area (Å²) in [5.74, 6) is 0.0770. The van der Waals surface area contributed by atoms with Crippen molar-refractivity contribution in [2.24, 2.45) is 5.92 Å². The van der Waals surface area contributed by atoms with Crippen LogP contribution in [0, 0.1) is 5.92 Å². The molecule has 6 heteroatoms. The lowest BCUT2D eigenvalue weighted by atomic mass is 9.85. The van der Waals surface area contributed by atoms with Crippen molar-refractivity contribution in [1.29, 1.82) is 0 Å². The molecule has 0 aliphatic heterocycles. The van der Waals surface area contributed by atoms with E-state index in [2.05, 4.69) is 16.8 Å². The number of ether oxygens (including phenoxy) is 1. The third kappa shape index (κ3) is 4.41. The summed E-state index contributed by atoms with van der Waals surface area (Å²) in [6.45, 7) is 6.43. The molecule has 0 aromatic carbocycles. The highest BCUT2D eigenvalue weighted by molar-refractivity contribution is 7.15. The monoisotopic (exact) mass is 311 g/mol. The molecule has 118 valence electrons. The maximum Gasteiger partial charge on any atom is 0.308 e. The highest BCUT2D eigenvalue weighted by atomic mass is 32.1. The molecule has 2 rings (SSSR count). The van der Waals surface area contributed by atoms with E-state index < -0.39 is 0 Å². The number of nitrogen functional groups attached to an aromatic ring is 1. The van der Waals surface area contributed by atoms with E-state index >= 15 is 0 Å². The SMILES string of the molecule is CCOC(=O)C1CCC(N(CC)Cc2cnc(N)s2)CC1. The summed E-state index contributed by atoms with van der Waals surface area (Å²) in [6.07, 6.45) is 5.86. The van der Waals surface area contributed by atoms with Gasteiger partial charge in [-0.2, -0.15) is 0 Å². The molecule has 1 aliphatic carbocycles. The lowest BCUT2D eigenvalue weighted by molar-refractivity contribution is -0.149. The summed E-state index contributed by atoms with van der Waals surface area (Å²) in [5.41, 5.74) is 5.69. The number of carbonyl (C=O) groups is 1. The minimum atomic E-state index is -0.0192. The average molecular weight is 311 g/mol. The molecule has 1 aromatic heterocycles. The Balaban J connectivity index is 1.85. The van der Waals surface area contributed by atoms with Gasteiger partial charge in [-0.15, -0.1) is 11.3 Å². The minimum absolute atomic E-state index is 0.0192. The highest BCUT2D eigenvalue weighted by Crippen LogP contribution is 2.30. The zero-order chi connectivity index (χ0) is 15.2. The fourth-order valence-corrected chi connectivity index (χ4v) is 3.74. The number of thiazole rings is 1. The first-order valence-electron chi connectivity index (χ1n) is 7.74. The molecular formula is C15H25N3O2S. The van der Waals surface area contributed by atoms with E-state index in [1.807, 2.05) is 13.1 Å². The molecule has 2 N–H and O–H groups in total. The second kappa shape index (κ2) is 7.75. The number of nitrogens with zero attached hydrogens (tertiary/aromatic N) is 2. The summed E-state index contributed by atoms with van der Waals surface area (Å²) < 4.78 is 5.13. The molecule has 0 bridgehead atoms. The van der Waals surface area contributed by atoms with Crippen molar-refractivity contribution < 1.29 is 9.53 Å². The fraction of sp³-hybridized carbons (Fsp3) is 0.733. The van der Waals surface area contributed by atoms with E-state index in [0.29, 0.717) is 17.8 Å². The van der Waals surface area contributed by atoms with Gasteiger partial charge in [0.15, 0.2) is 5.13 Å². The Hall–Kier alpha value is -1.14. The summed E-state index contributed by atoms with van der Waals surface area (Å²) in [5, 5.41) is 0.632. The molecule has 1 aromatic rings. The van der Waals surface area contributed by atoms with Gasteiger partial charge in [-0.1, -0.05) is 6.92 Å². The van der Waals surface area contributed by atoms with Gasteiger partial charge in [-0.3, -0.25) is 9.69 Å². The molecule has 0 unspecified atom stereocenters. The van der Waals surface area contributed by atoms with Crippen LogP contribution >= 0.6 is 11.3 Å². The number of carbonyl (C=O) groups excluding carboxylic acids is 1. The standard InChI is InChI=1S/C15H25N3O2S/c1-3-18(10-13-9-17-15(16)21-13)12-7-5-11(6-8-12)14(19)20-4-2/h9,11-12H,3-8,10H2,1-2H3,(H2,16,17). The van der Waals surface area contributed by atoms with Crippen molar-refractivity contribution in [3.63, 3.8) is 0 Å². The van der Waals surface area contributed by atoms with Crippen molar-refractivity contribution in [2.75, 3.05) is 18.9 Å². The van der Waals surface area contributed by atoms with E-state index in [-0.39, 0.29) is 11.9 Å². The van der Waals surface area contributed by atoms with Crippen LogP contribution < -0.4 is 5.73 Å². The predicted molar refractivity (Wildman–Crippen MR) is 85.0 cm³/mol. The zero-order valence-corrected chi connectivity index (χ0v) is 13.7. The van der Waals surface area contributed by atoms with Gasteiger partial charge in [-0.05, 0) is 39.2 Å². The van der Waals surface area contributed by atoms with Crippen LogP contribution in [-0.2, 0) is 16.1 Å². The number of hydrogen-bond donors (Lipinski definition) is 1. The lowest BCUT2D eigenvalue weighted by Gasteiger charge is -2.35. The van der Waals surface area contributed by atoms with Gasteiger partial charge in [0.1, 0.15) is 0 Å². The third-order valence-corrected chi connectivity index (χ3v) is 4.98. The molecule has 0 amide bonds. The van der Waals surface area contributed by atoms with E-state index in [0.717, 1.165) is 38.8 Å². The topological polar surface area (TPSA) is 68.5 Å². The van der Waals surface area contributed by atoms with E-state index in [9.17, 15) is 4.79 Å². The summed E-state index contributed by atoms with van der Waals surface area (Å²) in [4.78, 5) is 19.6. The van der Waals surface area contributed by atoms with Gasteiger partial charge in [0.05, 0.1) is 12.5 Å². The Kier molecular flexibility index (Phi) is 5.99. The quantitative estimate of drug-likeness (QED) is 0.818. The van der Waals surface area contributed by atoms with E-state index in [1.54, 1.807) is 11.3 Å². The van der Waals surface area contributed by atoms with Gasteiger partial charge in [0, 0.05) is 23.7 Å². The molecule has 0 atom stereocenters. The van der Waals surface area contributed by atoms with Crippen LogP contribution in [0.15, 0.2) is 6.20 Å². The first-order chi connectivity index (χ1) is 10.1. The van der Waals surface area contributed by atoms with Crippen LogP contribution in [0.5, 0.6) is 0 Å². The molecular weight excluding hydrogens is 286 g/mol. The normalized spacial score (nSPS) is 22.4. The third-order valence-electron chi connectivity index (χ3n) is 4.17. The Morgan fingerprint density at radius 1 is 1.43 bits per heavy atom. The van der Waals surface area contributed by atoms with Gasteiger partial charge >= 0.3 is 5.97 Å². The van der Waals surface area contributed by atoms with E-state index in [1.165, 1.54) is 4.88 Å². The molecule has 1 heterocycles. The molecule has 0 saturated heterocycles. The molecule has 21 heavy (non-hydrogen) atoms. The lowest BCUT2D eigenvalue weighted by Crippen LogP contribution is -2.38. The molecule has 0 spiro atoms. The highest BCUT2D eigenvalue weighted by Gasteiger charge is 2.29. The smallest absolute Gasteiger partial charge is 0.308 e. The Bertz CT molecular complexity index is 456. The average Bonchev–Trinajstić information content (AvgIpc) is 2.90. The van der Waals surface area contributed by atoms with Crippen LogP contribution in [0.4, 0.5) is 5.13 Å². The van der Waals surface area contributed by atoms with Crippen LogP contribution in [-0.4, -0.2) is 35.0 Å². The molecule has 1 fully saturated rings. The van der Waals surface area contributed by atoms with Crippen LogP contribution in [0.1, 0.15) is 44.4 Å². The van der Waals surface area contributed by atoms with Gasteiger partial charge in [0.2, 0.25) is 0 Å². The number of anilines is 1. The zero-order valence-electron chi connectivity index (χ0n) is 12.9. The van der Waals surface area contributed by atoms with Crippen molar-refractivity contribution >= 4 is 22.4 Å². The molecule has 1 aliphatic rings. The van der Waals surface area contributed by atoms with Gasteiger partial charge in [0.25, 0.3) is 0 Å². The Morgan fingerprint density at radius 3 is 2.67 bits per heavy atom. The Labute approximate surface area is 130 Å². The van der Waals surface area contributed by atoms with Crippen LogP contribution in [0.25, 0.3) is 0 Å². The number of aromatic nitrogens is 1. The van der Waals surface area contributed by atoms with Crippen molar-refractivity contribution in [1.82, 2.24) is 9.88 Å². The van der Waals surface area contributed by atoms with Gasteiger partial charge < -0.3 is 10.5 Å². The molecule has 1 saturated carbocycles. The van der Waals surface area contributed by atoms with Crippen molar-refractivity contribution in [2.45, 2.75) is 52.1 Å². The summed E-state index contributed by atoms with van der Waals surface area (Å²) in [6, 6.07) is 0.545. The van der Waals surface area contributed by atoms with Gasteiger partial charge in [-0.25, -0.2) is 4.98 Å². The van der Waals surface area contributed by atoms with E-state index in [4.69, 9.17) is 10.5 Å². The first kappa shape index (κ1) is 16.2. The van der Waals surface area contributed by atoms with Crippen molar-refractivity contribution in [3.05, 3.63) is 11.1 Å². The first-order valence-corrected chi connectivity index (χ1v) is 8.56. The summed E-state index contributed by atoms with van der Waals surface area (Å²) in [7, 11) is 0. The second-order valence-corrected chi connectivity index (χ2v) is 6.63. The second-order valence-electron chi connectivity index (χ2n) is 5.49. The predicted octanol–water partition coefficient (Wildman–Crippen LogP) is 2.67. The van der Waals surface area contributed by atoms with Crippen LogP contribution in [0.3, 0.4) is 0 Å².